The number of hydrogen-bond donors (Lipinski definition) is 1. The fraction of sp³-hybridized carbons (Fsp3) is 0.667. The first-order valence-electron chi connectivity index (χ1n) is 4.80. The van der Waals surface area contributed by atoms with E-state index in [4.69, 9.17) is 0 Å². The highest BCUT2D eigenvalue weighted by atomic mass is 16.3. The second-order valence-corrected chi connectivity index (χ2v) is 3.77. The van der Waals surface area contributed by atoms with Crippen LogP contribution in [0, 0.1) is 17.8 Å². The van der Waals surface area contributed by atoms with Gasteiger partial charge in [0.15, 0.2) is 0 Å². The lowest BCUT2D eigenvalue weighted by Gasteiger charge is -2.10. The van der Waals surface area contributed by atoms with Crippen LogP contribution in [0.15, 0.2) is 11.6 Å². The molecule has 0 bridgehead atoms. The molecular weight excluding hydrogens is 160 g/mol. The highest BCUT2D eigenvalue weighted by Gasteiger charge is 2.05. The second kappa shape index (κ2) is 6.74. The molecule has 0 aromatic rings. The summed E-state index contributed by atoms with van der Waals surface area (Å²) >= 11 is 0. The van der Waals surface area contributed by atoms with E-state index in [1.54, 1.807) is 6.92 Å². The van der Waals surface area contributed by atoms with Gasteiger partial charge in [0.05, 0.1) is 0 Å². The summed E-state index contributed by atoms with van der Waals surface area (Å²) in [6, 6.07) is 0. The van der Waals surface area contributed by atoms with Crippen LogP contribution in [0.25, 0.3) is 0 Å². The Kier molecular flexibility index (Phi) is 6.36. The third-order valence-corrected chi connectivity index (χ3v) is 1.87. The predicted octanol–water partition coefficient (Wildman–Crippen LogP) is 2.75. The molecule has 0 rings (SSSR count). The third kappa shape index (κ3) is 7.62. The van der Waals surface area contributed by atoms with Gasteiger partial charge in [-0.25, -0.2) is 0 Å². The van der Waals surface area contributed by atoms with Crippen LogP contribution < -0.4 is 0 Å². The Morgan fingerprint density at radius 3 is 2.54 bits per heavy atom. The summed E-state index contributed by atoms with van der Waals surface area (Å²) in [6.07, 6.45) is 3.55. The molecule has 1 nitrogen and oxygen atoms in total. The van der Waals surface area contributed by atoms with E-state index in [1.165, 1.54) is 5.57 Å². The Morgan fingerprint density at radius 2 is 2.08 bits per heavy atom. The lowest BCUT2D eigenvalue weighted by atomic mass is 9.99. The Bertz CT molecular complexity index is 213. The standard InChI is InChI=1S/C12H20O/c1-5-6-12(13)9-11(4)8-7-10(2)3/h7,11-13H,8-9H2,1-4H3. The summed E-state index contributed by atoms with van der Waals surface area (Å²) in [5, 5.41) is 9.39. The Morgan fingerprint density at radius 1 is 1.46 bits per heavy atom. The number of rotatable bonds is 4. The molecule has 0 aliphatic carbocycles. The van der Waals surface area contributed by atoms with Gasteiger partial charge in [0, 0.05) is 0 Å². The molecule has 0 fully saturated rings. The summed E-state index contributed by atoms with van der Waals surface area (Å²) in [7, 11) is 0. The molecule has 0 aromatic carbocycles. The van der Waals surface area contributed by atoms with Gasteiger partial charge < -0.3 is 5.11 Å². The van der Waals surface area contributed by atoms with E-state index in [0.29, 0.717) is 5.92 Å². The van der Waals surface area contributed by atoms with Crippen molar-refractivity contribution in [3.8, 4) is 11.8 Å². The maximum absolute atomic E-state index is 9.39. The van der Waals surface area contributed by atoms with Crippen molar-refractivity contribution in [3.63, 3.8) is 0 Å². The molecule has 0 heterocycles. The van der Waals surface area contributed by atoms with Crippen molar-refractivity contribution >= 4 is 0 Å². The zero-order valence-corrected chi connectivity index (χ0v) is 9.09. The Labute approximate surface area is 81.9 Å². The summed E-state index contributed by atoms with van der Waals surface area (Å²) in [4.78, 5) is 0. The van der Waals surface area contributed by atoms with Gasteiger partial charge in [-0.3, -0.25) is 0 Å². The molecule has 13 heavy (non-hydrogen) atoms. The first-order valence-corrected chi connectivity index (χ1v) is 4.80. The highest BCUT2D eigenvalue weighted by Crippen LogP contribution is 2.12. The summed E-state index contributed by atoms with van der Waals surface area (Å²) < 4.78 is 0. The fourth-order valence-corrected chi connectivity index (χ4v) is 1.14. The van der Waals surface area contributed by atoms with E-state index >= 15 is 0 Å². The molecule has 2 atom stereocenters. The molecule has 0 saturated carbocycles. The molecule has 0 amide bonds. The van der Waals surface area contributed by atoms with Crippen molar-refractivity contribution in [1.29, 1.82) is 0 Å². The molecule has 0 aromatic heterocycles. The molecule has 0 saturated heterocycles. The van der Waals surface area contributed by atoms with Crippen molar-refractivity contribution in [2.75, 3.05) is 0 Å². The first-order chi connectivity index (χ1) is 6.06. The van der Waals surface area contributed by atoms with Gasteiger partial charge >= 0.3 is 0 Å². The van der Waals surface area contributed by atoms with E-state index in [9.17, 15) is 5.11 Å². The zero-order valence-electron chi connectivity index (χ0n) is 9.09. The lowest BCUT2D eigenvalue weighted by molar-refractivity contribution is 0.200. The quantitative estimate of drug-likeness (QED) is 0.521. The van der Waals surface area contributed by atoms with E-state index in [0.717, 1.165) is 12.8 Å². The van der Waals surface area contributed by atoms with Crippen molar-refractivity contribution < 1.29 is 5.11 Å². The van der Waals surface area contributed by atoms with E-state index in [1.807, 2.05) is 0 Å². The number of allylic oxidation sites excluding steroid dienone is 2. The van der Waals surface area contributed by atoms with Gasteiger partial charge in [-0.1, -0.05) is 24.5 Å². The van der Waals surface area contributed by atoms with Gasteiger partial charge in [-0.05, 0) is 39.5 Å². The molecule has 2 unspecified atom stereocenters. The van der Waals surface area contributed by atoms with Gasteiger partial charge in [0.25, 0.3) is 0 Å². The van der Waals surface area contributed by atoms with Crippen LogP contribution in [-0.2, 0) is 0 Å². The number of aliphatic hydroxyl groups excluding tert-OH is 1. The first kappa shape index (κ1) is 12.3. The second-order valence-electron chi connectivity index (χ2n) is 3.77. The fourth-order valence-electron chi connectivity index (χ4n) is 1.14. The Balaban J connectivity index is 3.78. The minimum atomic E-state index is -0.453. The van der Waals surface area contributed by atoms with Crippen LogP contribution in [0.4, 0.5) is 0 Å². The van der Waals surface area contributed by atoms with Crippen molar-refractivity contribution in [2.45, 2.75) is 46.6 Å². The van der Waals surface area contributed by atoms with E-state index in [-0.39, 0.29) is 0 Å². The largest absolute Gasteiger partial charge is 0.380 e. The van der Waals surface area contributed by atoms with Crippen LogP contribution in [0.2, 0.25) is 0 Å². The maximum atomic E-state index is 9.39. The summed E-state index contributed by atoms with van der Waals surface area (Å²) in [5.74, 6) is 5.98. The summed E-state index contributed by atoms with van der Waals surface area (Å²) in [6.45, 7) is 8.08. The third-order valence-electron chi connectivity index (χ3n) is 1.87. The van der Waals surface area contributed by atoms with E-state index < -0.39 is 6.10 Å². The van der Waals surface area contributed by atoms with Crippen LogP contribution in [0.3, 0.4) is 0 Å². The average Bonchev–Trinajstić information content (AvgIpc) is 2.01. The number of aliphatic hydroxyl groups is 1. The Hall–Kier alpha value is -0.740. The van der Waals surface area contributed by atoms with Crippen LogP contribution >= 0.6 is 0 Å². The predicted molar refractivity (Wildman–Crippen MR) is 57.3 cm³/mol. The minimum absolute atomic E-state index is 0.453. The molecule has 0 spiro atoms. The number of hydrogen-bond acceptors (Lipinski definition) is 1. The topological polar surface area (TPSA) is 20.2 Å². The summed E-state index contributed by atoms with van der Waals surface area (Å²) in [5.41, 5.74) is 1.34. The highest BCUT2D eigenvalue weighted by molar-refractivity contribution is 5.02. The van der Waals surface area contributed by atoms with Crippen molar-refractivity contribution in [3.05, 3.63) is 11.6 Å². The normalized spacial score (nSPS) is 13.9. The van der Waals surface area contributed by atoms with Crippen molar-refractivity contribution in [1.82, 2.24) is 0 Å². The average molecular weight is 180 g/mol. The molecule has 1 heteroatoms. The molecule has 0 radical (unpaired) electrons. The lowest BCUT2D eigenvalue weighted by Crippen LogP contribution is -2.08. The molecule has 74 valence electrons. The zero-order chi connectivity index (χ0) is 10.3. The molecule has 0 aliphatic rings. The van der Waals surface area contributed by atoms with Gasteiger partial charge in [-0.2, -0.15) is 0 Å². The van der Waals surface area contributed by atoms with Crippen LogP contribution in [0.1, 0.15) is 40.5 Å². The van der Waals surface area contributed by atoms with Crippen molar-refractivity contribution in [2.24, 2.45) is 5.92 Å². The van der Waals surface area contributed by atoms with E-state index in [2.05, 4.69) is 38.7 Å². The molecule has 1 N–H and O–H groups in total. The molecular formula is C12H20O. The van der Waals surface area contributed by atoms with Crippen LogP contribution in [-0.4, -0.2) is 11.2 Å². The molecule has 0 aliphatic heterocycles. The van der Waals surface area contributed by atoms with Gasteiger partial charge in [-0.15, -0.1) is 5.92 Å². The van der Waals surface area contributed by atoms with Crippen LogP contribution in [0.5, 0.6) is 0 Å². The monoisotopic (exact) mass is 180 g/mol. The van der Waals surface area contributed by atoms with Gasteiger partial charge in [0.2, 0.25) is 0 Å². The smallest absolute Gasteiger partial charge is 0.115 e. The van der Waals surface area contributed by atoms with Gasteiger partial charge in [0.1, 0.15) is 6.10 Å². The SMILES string of the molecule is CC#CC(O)CC(C)CC=C(C)C. The maximum Gasteiger partial charge on any atom is 0.115 e. The minimum Gasteiger partial charge on any atom is -0.380 e.